The molecule has 2 rings (SSSR count). The molecule has 2 aromatic rings. The molecule has 0 aliphatic carbocycles. The Balaban J connectivity index is 2.60. The van der Waals surface area contributed by atoms with Crippen LogP contribution in [0.2, 0.25) is 0 Å². The number of alkyl halides is 2. The van der Waals surface area contributed by atoms with Crippen molar-refractivity contribution in [1.82, 2.24) is 4.98 Å². The van der Waals surface area contributed by atoms with Gasteiger partial charge < -0.3 is 9.72 Å². The first-order chi connectivity index (χ1) is 8.00. The number of ether oxygens (including phenoxy) is 1. The predicted molar refractivity (Wildman–Crippen MR) is 59.0 cm³/mol. The van der Waals surface area contributed by atoms with Gasteiger partial charge in [0.25, 0.3) is 0 Å². The smallest absolute Gasteiger partial charge is 0.387 e. The van der Waals surface area contributed by atoms with Crippen molar-refractivity contribution in [2.75, 3.05) is 0 Å². The lowest BCUT2D eigenvalue weighted by atomic mass is 10.1. The van der Waals surface area contributed by atoms with Crippen molar-refractivity contribution >= 4 is 10.9 Å². The summed E-state index contributed by atoms with van der Waals surface area (Å²) in [5.74, 6) is -0.500. The van der Waals surface area contributed by atoms with Crippen molar-refractivity contribution in [3.63, 3.8) is 0 Å². The first-order valence-electron chi connectivity index (χ1n) is 5.25. The van der Waals surface area contributed by atoms with Crippen LogP contribution in [0.3, 0.4) is 0 Å². The maximum atomic E-state index is 13.9. The Kier molecular flexibility index (Phi) is 3.00. The van der Waals surface area contributed by atoms with E-state index in [2.05, 4.69) is 9.72 Å². The molecule has 1 N–H and O–H groups in total. The number of hydrogen-bond acceptors (Lipinski definition) is 1. The van der Waals surface area contributed by atoms with E-state index in [-0.39, 0.29) is 22.6 Å². The zero-order valence-electron chi connectivity index (χ0n) is 9.43. The van der Waals surface area contributed by atoms with E-state index >= 15 is 0 Å². The maximum absolute atomic E-state index is 13.9. The van der Waals surface area contributed by atoms with E-state index < -0.39 is 12.4 Å². The summed E-state index contributed by atoms with van der Waals surface area (Å²) in [6, 6.07) is 4.40. The summed E-state index contributed by atoms with van der Waals surface area (Å²) in [5, 5.41) is 0.270. The normalized spacial score (nSPS) is 11.7. The Morgan fingerprint density at radius 2 is 1.94 bits per heavy atom. The number of nitrogens with one attached hydrogen (secondary N) is 1. The van der Waals surface area contributed by atoms with Crippen LogP contribution in [0.1, 0.15) is 25.5 Å². The van der Waals surface area contributed by atoms with Gasteiger partial charge in [-0.2, -0.15) is 8.78 Å². The van der Waals surface area contributed by atoms with Gasteiger partial charge in [0.1, 0.15) is 5.75 Å². The first-order valence-corrected chi connectivity index (χ1v) is 5.25. The van der Waals surface area contributed by atoms with E-state index in [4.69, 9.17) is 0 Å². The molecule has 0 bridgehead atoms. The average Bonchev–Trinajstić information content (AvgIpc) is 2.57. The zero-order valence-corrected chi connectivity index (χ0v) is 9.43. The Labute approximate surface area is 96.4 Å². The molecule has 0 aliphatic rings. The highest BCUT2D eigenvalue weighted by Crippen LogP contribution is 2.32. The number of aromatic nitrogens is 1. The van der Waals surface area contributed by atoms with Gasteiger partial charge in [-0.1, -0.05) is 19.9 Å². The van der Waals surface area contributed by atoms with Crippen LogP contribution in [0, 0.1) is 5.82 Å². The van der Waals surface area contributed by atoms with Crippen LogP contribution in [-0.2, 0) is 0 Å². The van der Waals surface area contributed by atoms with E-state index in [1.54, 1.807) is 0 Å². The largest absolute Gasteiger partial charge is 0.433 e. The average molecular weight is 243 g/mol. The predicted octanol–water partition coefficient (Wildman–Crippen LogP) is 4.03. The zero-order chi connectivity index (χ0) is 12.6. The summed E-state index contributed by atoms with van der Waals surface area (Å²) in [7, 11) is 0. The number of aromatic amines is 1. The second-order valence-electron chi connectivity index (χ2n) is 4.06. The third kappa shape index (κ3) is 2.09. The molecule has 0 spiro atoms. The number of hydrogen-bond donors (Lipinski definition) is 1. The van der Waals surface area contributed by atoms with E-state index in [0.29, 0.717) is 5.69 Å². The second kappa shape index (κ2) is 4.31. The second-order valence-corrected chi connectivity index (χ2v) is 4.06. The lowest BCUT2D eigenvalue weighted by Gasteiger charge is -2.04. The summed E-state index contributed by atoms with van der Waals surface area (Å²) in [6.45, 7) is 0.720. The van der Waals surface area contributed by atoms with Crippen LogP contribution in [0.15, 0.2) is 18.2 Å². The fourth-order valence-electron chi connectivity index (χ4n) is 1.77. The first kappa shape index (κ1) is 11.8. The van der Waals surface area contributed by atoms with E-state index in [9.17, 15) is 13.2 Å². The van der Waals surface area contributed by atoms with Crippen LogP contribution in [0.4, 0.5) is 13.2 Å². The quantitative estimate of drug-likeness (QED) is 0.864. The third-order valence-electron chi connectivity index (χ3n) is 2.55. The standard InChI is InChI=1S/C12H12F3NO/c1-6(2)10-9(13)7-4-3-5-8(11(7)16-10)17-12(14)15/h3-6,12,16H,1-2H3. The molecule has 92 valence electrons. The Hall–Kier alpha value is -1.65. The molecule has 5 heteroatoms. The van der Waals surface area contributed by atoms with Gasteiger partial charge in [-0.25, -0.2) is 4.39 Å². The minimum atomic E-state index is -2.92. The molecule has 0 amide bonds. The van der Waals surface area contributed by atoms with Gasteiger partial charge in [-0.15, -0.1) is 0 Å². The van der Waals surface area contributed by atoms with E-state index in [1.165, 1.54) is 18.2 Å². The van der Waals surface area contributed by atoms with Crippen molar-refractivity contribution in [3.05, 3.63) is 29.7 Å². The molecule has 1 aromatic heterocycles. The van der Waals surface area contributed by atoms with Gasteiger partial charge in [0.15, 0.2) is 5.82 Å². The molecule has 2 nitrogen and oxygen atoms in total. The van der Waals surface area contributed by atoms with Crippen molar-refractivity contribution in [3.8, 4) is 5.75 Å². The van der Waals surface area contributed by atoms with Crippen LogP contribution in [0.25, 0.3) is 10.9 Å². The number of para-hydroxylation sites is 1. The minimum Gasteiger partial charge on any atom is -0.433 e. The lowest BCUT2D eigenvalue weighted by molar-refractivity contribution is -0.0489. The van der Waals surface area contributed by atoms with Crippen molar-refractivity contribution in [2.45, 2.75) is 26.4 Å². The highest BCUT2D eigenvalue weighted by molar-refractivity contribution is 5.86. The summed E-state index contributed by atoms with van der Waals surface area (Å²) in [5.41, 5.74) is 0.666. The molecule has 0 aliphatic heterocycles. The number of H-pyrrole nitrogens is 1. The molecule has 0 radical (unpaired) electrons. The van der Waals surface area contributed by atoms with Crippen LogP contribution in [-0.4, -0.2) is 11.6 Å². The number of rotatable bonds is 3. The molecule has 0 saturated carbocycles. The third-order valence-corrected chi connectivity index (χ3v) is 2.55. The summed E-state index contributed by atoms with van der Waals surface area (Å²) in [4.78, 5) is 2.80. The number of benzene rings is 1. The van der Waals surface area contributed by atoms with Gasteiger partial charge in [-0.05, 0) is 18.1 Å². The van der Waals surface area contributed by atoms with Gasteiger partial charge in [0.05, 0.1) is 11.2 Å². The van der Waals surface area contributed by atoms with Gasteiger partial charge in [0, 0.05) is 5.39 Å². The fraction of sp³-hybridized carbons (Fsp3) is 0.333. The molecule has 0 fully saturated rings. The molecule has 1 aromatic carbocycles. The van der Waals surface area contributed by atoms with Crippen LogP contribution >= 0.6 is 0 Å². The Bertz CT molecular complexity index is 534. The lowest BCUT2D eigenvalue weighted by Crippen LogP contribution is -2.02. The van der Waals surface area contributed by atoms with Gasteiger partial charge >= 0.3 is 6.61 Å². The fourth-order valence-corrected chi connectivity index (χ4v) is 1.77. The molecule has 0 saturated heterocycles. The van der Waals surface area contributed by atoms with Crippen molar-refractivity contribution in [2.24, 2.45) is 0 Å². The summed E-state index contributed by atoms with van der Waals surface area (Å²) >= 11 is 0. The highest BCUT2D eigenvalue weighted by Gasteiger charge is 2.17. The molecule has 0 atom stereocenters. The van der Waals surface area contributed by atoms with Gasteiger partial charge in [0.2, 0.25) is 0 Å². The van der Waals surface area contributed by atoms with Crippen molar-refractivity contribution < 1.29 is 17.9 Å². The molecule has 17 heavy (non-hydrogen) atoms. The Morgan fingerprint density at radius 1 is 1.24 bits per heavy atom. The SMILES string of the molecule is CC(C)c1[nH]c2c(OC(F)F)cccc2c1F. The van der Waals surface area contributed by atoms with Crippen molar-refractivity contribution in [1.29, 1.82) is 0 Å². The number of fused-ring (bicyclic) bond motifs is 1. The maximum Gasteiger partial charge on any atom is 0.387 e. The highest BCUT2D eigenvalue weighted by atomic mass is 19.3. The van der Waals surface area contributed by atoms with Crippen LogP contribution < -0.4 is 4.74 Å². The molecule has 1 heterocycles. The van der Waals surface area contributed by atoms with E-state index in [1.807, 2.05) is 13.8 Å². The molecular formula is C12H12F3NO. The molecular weight excluding hydrogens is 231 g/mol. The summed E-state index contributed by atoms with van der Waals surface area (Å²) < 4.78 is 42.6. The van der Waals surface area contributed by atoms with Gasteiger partial charge in [-0.3, -0.25) is 0 Å². The summed E-state index contributed by atoms with van der Waals surface area (Å²) in [6.07, 6.45) is 0. The topological polar surface area (TPSA) is 25.0 Å². The Morgan fingerprint density at radius 3 is 2.53 bits per heavy atom. The van der Waals surface area contributed by atoms with Crippen LogP contribution in [0.5, 0.6) is 5.75 Å². The molecule has 0 unspecified atom stereocenters. The minimum absolute atomic E-state index is 0.0386. The monoisotopic (exact) mass is 243 g/mol. The number of halogens is 3. The van der Waals surface area contributed by atoms with E-state index in [0.717, 1.165) is 0 Å².